The summed E-state index contributed by atoms with van der Waals surface area (Å²) in [6, 6.07) is 15.0. The maximum Gasteiger partial charge on any atom is 0.417 e. The highest BCUT2D eigenvalue weighted by Gasteiger charge is 2.42. The predicted molar refractivity (Wildman–Crippen MR) is 139 cm³/mol. The van der Waals surface area contributed by atoms with Crippen LogP contribution in [0.3, 0.4) is 0 Å². The number of carbonyl (C=O) groups excluding carboxylic acids is 5. The highest BCUT2D eigenvalue weighted by Crippen LogP contribution is 2.21. The van der Waals surface area contributed by atoms with Crippen molar-refractivity contribution in [1.29, 1.82) is 0 Å². The Morgan fingerprint density at radius 3 is 2.13 bits per heavy atom. The lowest BCUT2D eigenvalue weighted by molar-refractivity contribution is -0.136. The summed E-state index contributed by atoms with van der Waals surface area (Å²) in [6.45, 7) is 3.72. The third-order valence-corrected chi connectivity index (χ3v) is 6.20. The molecule has 202 valence electrons. The zero-order chi connectivity index (χ0) is 27.7. The van der Waals surface area contributed by atoms with Gasteiger partial charge in [-0.2, -0.15) is 0 Å². The van der Waals surface area contributed by atoms with Crippen LogP contribution in [0, 0.1) is 5.92 Å². The van der Waals surface area contributed by atoms with Crippen LogP contribution in [0.5, 0.6) is 0 Å². The number of nitrogens with zero attached hydrogens (tertiary/aromatic N) is 1. The smallest absolute Gasteiger partial charge is 0.417 e. The molecular formula is C28H34N4O6. The molecule has 0 unspecified atom stereocenters. The number of hydrogen-bond acceptors (Lipinski definition) is 6. The van der Waals surface area contributed by atoms with Gasteiger partial charge < -0.3 is 21.1 Å². The summed E-state index contributed by atoms with van der Waals surface area (Å²) >= 11 is 0. The minimum atomic E-state index is -1.11. The second kappa shape index (κ2) is 13.4. The Hall–Kier alpha value is -4.21. The van der Waals surface area contributed by atoms with Gasteiger partial charge in [0.25, 0.3) is 0 Å². The summed E-state index contributed by atoms with van der Waals surface area (Å²) in [5.41, 5.74) is 7.09. The van der Waals surface area contributed by atoms with Crippen LogP contribution in [0.2, 0.25) is 0 Å². The number of primary amides is 1. The molecule has 4 N–H and O–H groups in total. The van der Waals surface area contributed by atoms with Crippen molar-refractivity contribution in [3.05, 3.63) is 71.8 Å². The molecular weight excluding hydrogens is 488 g/mol. The third-order valence-electron chi connectivity index (χ3n) is 6.20. The van der Waals surface area contributed by atoms with Crippen molar-refractivity contribution < 1.29 is 28.7 Å². The second-order valence-electron chi connectivity index (χ2n) is 9.70. The van der Waals surface area contributed by atoms with Gasteiger partial charge in [0.1, 0.15) is 24.7 Å². The van der Waals surface area contributed by atoms with Crippen LogP contribution in [-0.4, -0.2) is 52.7 Å². The number of likely N-dealkylation sites (tertiary alicyclic amines) is 1. The van der Waals surface area contributed by atoms with Gasteiger partial charge in [0.05, 0.1) is 0 Å². The van der Waals surface area contributed by atoms with E-state index in [0.717, 1.165) is 16.0 Å². The summed E-state index contributed by atoms with van der Waals surface area (Å²) in [6.07, 6.45) is -0.340. The van der Waals surface area contributed by atoms with Crippen molar-refractivity contribution >= 4 is 29.7 Å². The molecule has 0 aliphatic carbocycles. The highest BCUT2D eigenvalue weighted by atomic mass is 16.6. The van der Waals surface area contributed by atoms with E-state index < -0.39 is 47.8 Å². The molecule has 0 radical (unpaired) electrons. The maximum atomic E-state index is 13.2. The van der Waals surface area contributed by atoms with E-state index in [1.54, 1.807) is 24.3 Å². The summed E-state index contributed by atoms with van der Waals surface area (Å²) < 4.78 is 5.27. The first-order valence-corrected chi connectivity index (χ1v) is 12.6. The average Bonchev–Trinajstić information content (AvgIpc) is 3.28. The maximum absolute atomic E-state index is 13.2. The van der Waals surface area contributed by atoms with Crippen LogP contribution in [0.15, 0.2) is 60.7 Å². The van der Waals surface area contributed by atoms with Gasteiger partial charge >= 0.3 is 6.09 Å². The third kappa shape index (κ3) is 7.89. The zero-order valence-corrected chi connectivity index (χ0v) is 21.6. The van der Waals surface area contributed by atoms with E-state index in [9.17, 15) is 24.0 Å². The molecule has 5 amide bonds. The van der Waals surface area contributed by atoms with Crippen molar-refractivity contribution in [2.24, 2.45) is 11.7 Å². The molecule has 2 aromatic rings. The average molecular weight is 523 g/mol. The van der Waals surface area contributed by atoms with Crippen molar-refractivity contribution in [3.8, 4) is 0 Å². The van der Waals surface area contributed by atoms with Gasteiger partial charge in [-0.05, 0) is 29.9 Å². The minimum absolute atomic E-state index is 0.000389. The molecule has 0 bridgehead atoms. The number of rotatable bonds is 11. The number of hydrogen-bond donors (Lipinski definition) is 3. The van der Waals surface area contributed by atoms with E-state index in [1.807, 2.05) is 50.2 Å². The van der Waals surface area contributed by atoms with E-state index >= 15 is 0 Å². The first-order valence-electron chi connectivity index (χ1n) is 12.6. The molecule has 1 fully saturated rings. The summed E-state index contributed by atoms with van der Waals surface area (Å²) in [5, 5.41) is 5.32. The first-order chi connectivity index (χ1) is 18.2. The quantitative estimate of drug-likeness (QED) is 0.411. The molecule has 1 aliphatic heterocycles. The van der Waals surface area contributed by atoms with E-state index in [4.69, 9.17) is 10.5 Å². The standard InChI is InChI=1S/C28H34N4O6/c1-18(2)15-22(26(35)30-21(25(29)34)16-19-9-5-3-6-10-19)31-27(36)23-13-14-24(33)32(23)28(37)38-17-20-11-7-4-8-12-20/h3-12,18,21-23H,13-17H2,1-2H3,(H2,29,34)(H,30,35)(H,31,36)/t21-,22+,23-/m0/s1. The largest absolute Gasteiger partial charge is 0.444 e. The highest BCUT2D eigenvalue weighted by molar-refractivity contribution is 6.01. The fourth-order valence-corrected chi connectivity index (χ4v) is 4.27. The predicted octanol–water partition coefficient (Wildman–Crippen LogP) is 2.06. The Labute approximate surface area is 221 Å². The van der Waals surface area contributed by atoms with E-state index in [0.29, 0.717) is 0 Å². The molecule has 0 saturated carbocycles. The fourth-order valence-electron chi connectivity index (χ4n) is 4.27. The lowest BCUT2D eigenvalue weighted by Gasteiger charge is -2.26. The second-order valence-corrected chi connectivity index (χ2v) is 9.70. The summed E-state index contributed by atoms with van der Waals surface area (Å²) in [4.78, 5) is 64.4. The molecule has 3 rings (SSSR count). The van der Waals surface area contributed by atoms with E-state index in [2.05, 4.69) is 10.6 Å². The Morgan fingerprint density at radius 2 is 1.55 bits per heavy atom. The first kappa shape index (κ1) is 28.4. The summed E-state index contributed by atoms with van der Waals surface area (Å²) in [7, 11) is 0. The Morgan fingerprint density at radius 1 is 0.947 bits per heavy atom. The van der Waals surface area contributed by atoms with Gasteiger partial charge in [-0.25, -0.2) is 9.69 Å². The van der Waals surface area contributed by atoms with Gasteiger partial charge in [-0.3, -0.25) is 19.2 Å². The lowest BCUT2D eigenvalue weighted by Crippen LogP contribution is -2.57. The van der Waals surface area contributed by atoms with Crippen molar-refractivity contribution in [2.45, 2.75) is 64.3 Å². The van der Waals surface area contributed by atoms with Crippen LogP contribution in [0.25, 0.3) is 0 Å². The van der Waals surface area contributed by atoms with E-state index in [1.165, 1.54) is 0 Å². The lowest BCUT2D eigenvalue weighted by atomic mass is 10.0. The number of imide groups is 1. The van der Waals surface area contributed by atoms with Gasteiger partial charge in [-0.1, -0.05) is 74.5 Å². The van der Waals surface area contributed by atoms with Crippen molar-refractivity contribution in [3.63, 3.8) is 0 Å². The van der Waals surface area contributed by atoms with Gasteiger partial charge in [0, 0.05) is 12.8 Å². The van der Waals surface area contributed by atoms with Crippen LogP contribution in [0.4, 0.5) is 4.79 Å². The SMILES string of the molecule is CC(C)C[C@@H](NC(=O)[C@@H]1CCC(=O)N1C(=O)OCc1ccccc1)C(=O)N[C@@H](Cc1ccccc1)C(N)=O. The number of benzene rings is 2. The molecule has 0 spiro atoms. The molecule has 1 heterocycles. The fraction of sp³-hybridized carbons (Fsp3) is 0.393. The Bertz CT molecular complexity index is 1140. The summed E-state index contributed by atoms with van der Waals surface area (Å²) in [5.74, 6) is -2.43. The normalized spacial score (nSPS) is 16.6. The molecule has 10 nitrogen and oxygen atoms in total. The van der Waals surface area contributed by atoms with Gasteiger partial charge in [0.15, 0.2) is 0 Å². The van der Waals surface area contributed by atoms with Gasteiger partial charge in [-0.15, -0.1) is 0 Å². The number of carbonyl (C=O) groups is 5. The van der Waals surface area contributed by atoms with Crippen LogP contribution < -0.4 is 16.4 Å². The zero-order valence-electron chi connectivity index (χ0n) is 21.6. The molecule has 38 heavy (non-hydrogen) atoms. The number of ether oxygens (including phenoxy) is 1. The van der Waals surface area contributed by atoms with Crippen molar-refractivity contribution in [2.75, 3.05) is 0 Å². The van der Waals surface area contributed by atoms with Crippen molar-refractivity contribution in [1.82, 2.24) is 15.5 Å². The molecule has 1 saturated heterocycles. The molecule has 10 heteroatoms. The van der Waals surface area contributed by atoms with Gasteiger partial charge in [0.2, 0.25) is 23.6 Å². The van der Waals surface area contributed by atoms with Crippen LogP contribution in [-0.2, 0) is 36.9 Å². The Balaban J connectivity index is 1.67. The molecule has 1 aliphatic rings. The van der Waals surface area contributed by atoms with Crippen LogP contribution >= 0.6 is 0 Å². The monoisotopic (exact) mass is 522 g/mol. The number of nitrogens with one attached hydrogen (secondary N) is 2. The molecule has 0 aromatic heterocycles. The molecule has 2 aromatic carbocycles. The van der Waals surface area contributed by atoms with E-state index in [-0.39, 0.29) is 38.2 Å². The van der Waals surface area contributed by atoms with Crippen LogP contribution in [0.1, 0.15) is 44.2 Å². The topological polar surface area (TPSA) is 148 Å². The Kier molecular flexibility index (Phi) is 9.98. The molecule has 3 atom stereocenters. The number of nitrogens with two attached hydrogens (primary N) is 1. The minimum Gasteiger partial charge on any atom is -0.444 e. The number of amides is 5.